The van der Waals surface area contributed by atoms with Gasteiger partial charge in [0.05, 0.1) is 6.10 Å². The molecule has 3 heteroatoms. The largest absolute Gasteiger partial charge is 0.391 e. The second-order valence-corrected chi connectivity index (χ2v) is 2.74. The Hall–Kier alpha value is -0.380. The van der Waals surface area contributed by atoms with Crippen LogP contribution in [0.3, 0.4) is 0 Å². The molecule has 0 radical (unpaired) electrons. The van der Waals surface area contributed by atoms with Crippen LogP contribution in [-0.2, 0) is 9.78 Å². The van der Waals surface area contributed by atoms with Crippen LogP contribution in [0.4, 0.5) is 0 Å². The Morgan fingerprint density at radius 1 is 1.50 bits per heavy atom. The van der Waals surface area contributed by atoms with Crippen LogP contribution >= 0.6 is 0 Å². The summed E-state index contributed by atoms with van der Waals surface area (Å²) in [5, 5.41) is 9.06. The minimum absolute atomic E-state index is 0.244. The van der Waals surface area contributed by atoms with Crippen LogP contribution in [0.25, 0.3) is 0 Å². The van der Waals surface area contributed by atoms with E-state index in [4.69, 9.17) is 14.9 Å². The molecular formula is C9H18O3. The molecule has 0 saturated heterocycles. The van der Waals surface area contributed by atoms with Gasteiger partial charge >= 0.3 is 0 Å². The van der Waals surface area contributed by atoms with Gasteiger partial charge in [-0.2, -0.15) is 0 Å². The fourth-order valence-corrected chi connectivity index (χ4v) is 0.462. The number of hydrogen-bond donors (Lipinski definition) is 1. The van der Waals surface area contributed by atoms with E-state index in [0.717, 1.165) is 5.57 Å². The van der Waals surface area contributed by atoms with Crippen LogP contribution in [0, 0.1) is 0 Å². The van der Waals surface area contributed by atoms with Crippen LogP contribution < -0.4 is 0 Å². The summed E-state index contributed by atoms with van der Waals surface area (Å²) in [4.78, 5) is 9.60. The predicted octanol–water partition coefficient (Wildman–Crippen LogP) is 1.67. The summed E-state index contributed by atoms with van der Waals surface area (Å²) >= 11 is 0. The zero-order chi connectivity index (χ0) is 9.40. The van der Waals surface area contributed by atoms with Crippen molar-refractivity contribution >= 4 is 0 Å². The van der Waals surface area contributed by atoms with Crippen molar-refractivity contribution < 1.29 is 14.9 Å². The molecule has 0 saturated carbocycles. The third-order valence-electron chi connectivity index (χ3n) is 1.59. The highest BCUT2D eigenvalue weighted by atomic mass is 17.2. The van der Waals surface area contributed by atoms with E-state index in [9.17, 15) is 0 Å². The van der Waals surface area contributed by atoms with Crippen LogP contribution in [0.15, 0.2) is 11.6 Å². The van der Waals surface area contributed by atoms with E-state index in [2.05, 4.69) is 0 Å². The minimum atomic E-state index is -0.420. The molecule has 1 atom stereocenters. The highest BCUT2D eigenvalue weighted by molar-refractivity contribution is 4.94. The molecule has 0 aliphatic heterocycles. The fourth-order valence-electron chi connectivity index (χ4n) is 0.462. The third kappa shape index (κ3) is 6.34. The highest BCUT2D eigenvalue weighted by Gasteiger charge is 2.00. The number of rotatable bonds is 6. The van der Waals surface area contributed by atoms with Gasteiger partial charge in [-0.1, -0.05) is 13.0 Å². The maximum atomic E-state index is 9.06. The lowest BCUT2D eigenvalue weighted by Gasteiger charge is -2.07. The van der Waals surface area contributed by atoms with Gasteiger partial charge in [-0.3, -0.25) is 0 Å². The smallest absolute Gasteiger partial charge is 0.108 e. The first-order chi connectivity index (χ1) is 5.70. The molecule has 0 heterocycles. The van der Waals surface area contributed by atoms with Crippen molar-refractivity contribution in [3.8, 4) is 0 Å². The molecule has 1 unspecified atom stereocenters. The predicted molar refractivity (Wildman–Crippen MR) is 47.6 cm³/mol. The molecular weight excluding hydrogens is 156 g/mol. The standard InChI is InChI=1S/C9H18O3/c1-4-8(3)6-11-12-7-9(10)5-2/h4,9-10H,5-7H2,1-3H3/b8-4+. The Labute approximate surface area is 73.9 Å². The minimum Gasteiger partial charge on any atom is -0.391 e. The summed E-state index contributed by atoms with van der Waals surface area (Å²) in [7, 11) is 0. The number of allylic oxidation sites excluding steroid dienone is 1. The van der Waals surface area contributed by atoms with Crippen molar-refractivity contribution in [2.75, 3.05) is 13.2 Å². The van der Waals surface area contributed by atoms with Crippen molar-refractivity contribution in [2.45, 2.75) is 33.3 Å². The molecule has 1 N–H and O–H groups in total. The van der Waals surface area contributed by atoms with E-state index in [1.54, 1.807) is 0 Å². The van der Waals surface area contributed by atoms with E-state index in [-0.39, 0.29) is 6.61 Å². The van der Waals surface area contributed by atoms with Crippen LogP contribution in [0.5, 0.6) is 0 Å². The molecule has 0 aromatic carbocycles. The van der Waals surface area contributed by atoms with Gasteiger partial charge in [-0.15, -0.1) is 0 Å². The molecule has 0 amide bonds. The second kappa shape index (κ2) is 7.28. The maximum absolute atomic E-state index is 9.06. The van der Waals surface area contributed by atoms with E-state index >= 15 is 0 Å². The second-order valence-electron chi connectivity index (χ2n) is 2.74. The van der Waals surface area contributed by atoms with Gasteiger partial charge in [-0.25, -0.2) is 9.78 Å². The molecule has 72 valence electrons. The van der Waals surface area contributed by atoms with Gasteiger partial charge in [0.1, 0.15) is 13.2 Å². The fraction of sp³-hybridized carbons (Fsp3) is 0.778. The zero-order valence-electron chi connectivity index (χ0n) is 8.04. The molecule has 0 fully saturated rings. The summed E-state index contributed by atoms with van der Waals surface area (Å²) in [5.74, 6) is 0. The van der Waals surface area contributed by atoms with Gasteiger partial charge in [0.25, 0.3) is 0 Å². The molecule has 0 aromatic rings. The molecule has 0 aromatic heterocycles. The van der Waals surface area contributed by atoms with E-state index in [1.807, 2.05) is 26.8 Å². The quantitative estimate of drug-likeness (QED) is 0.288. The van der Waals surface area contributed by atoms with Gasteiger partial charge < -0.3 is 5.11 Å². The summed E-state index contributed by atoms with van der Waals surface area (Å²) in [6.07, 6.45) is 2.22. The van der Waals surface area contributed by atoms with Crippen molar-refractivity contribution in [3.05, 3.63) is 11.6 Å². The monoisotopic (exact) mass is 174 g/mol. The Morgan fingerprint density at radius 3 is 2.67 bits per heavy atom. The first-order valence-electron chi connectivity index (χ1n) is 4.25. The van der Waals surface area contributed by atoms with Crippen molar-refractivity contribution in [1.29, 1.82) is 0 Å². The van der Waals surface area contributed by atoms with Crippen molar-refractivity contribution in [2.24, 2.45) is 0 Å². The topological polar surface area (TPSA) is 38.7 Å². The Morgan fingerprint density at radius 2 is 2.17 bits per heavy atom. The van der Waals surface area contributed by atoms with E-state index < -0.39 is 6.10 Å². The average Bonchev–Trinajstić information content (AvgIpc) is 2.11. The molecule has 0 aliphatic carbocycles. The van der Waals surface area contributed by atoms with Crippen LogP contribution in [0.1, 0.15) is 27.2 Å². The van der Waals surface area contributed by atoms with Gasteiger partial charge in [0.2, 0.25) is 0 Å². The molecule has 0 aliphatic rings. The zero-order valence-corrected chi connectivity index (χ0v) is 8.04. The Kier molecular flexibility index (Phi) is 7.05. The van der Waals surface area contributed by atoms with Gasteiger partial charge in [0, 0.05) is 0 Å². The summed E-state index contributed by atoms with van der Waals surface area (Å²) < 4.78 is 0. The molecule has 3 nitrogen and oxygen atoms in total. The maximum Gasteiger partial charge on any atom is 0.108 e. The molecule has 0 bridgehead atoms. The first-order valence-corrected chi connectivity index (χ1v) is 4.25. The highest BCUT2D eigenvalue weighted by Crippen LogP contribution is 1.95. The third-order valence-corrected chi connectivity index (χ3v) is 1.59. The van der Waals surface area contributed by atoms with E-state index in [0.29, 0.717) is 13.0 Å². The summed E-state index contributed by atoms with van der Waals surface area (Å²) in [5.41, 5.74) is 1.11. The lowest BCUT2D eigenvalue weighted by molar-refractivity contribution is -0.298. The van der Waals surface area contributed by atoms with Gasteiger partial charge in [0.15, 0.2) is 0 Å². The van der Waals surface area contributed by atoms with Crippen molar-refractivity contribution in [1.82, 2.24) is 0 Å². The summed E-state index contributed by atoms with van der Waals surface area (Å²) in [6.45, 7) is 6.50. The normalized spacial score (nSPS) is 14.8. The van der Waals surface area contributed by atoms with Gasteiger partial charge in [-0.05, 0) is 25.8 Å². The first kappa shape index (κ1) is 11.6. The Balaban J connectivity index is 3.21. The van der Waals surface area contributed by atoms with E-state index in [1.165, 1.54) is 0 Å². The molecule has 12 heavy (non-hydrogen) atoms. The molecule has 0 spiro atoms. The SMILES string of the molecule is C/C=C(\C)COOCC(O)CC. The molecule has 0 rings (SSSR count). The lowest BCUT2D eigenvalue weighted by Crippen LogP contribution is -2.14. The van der Waals surface area contributed by atoms with Crippen molar-refractivity contribution in [3.63, 3.8) is 0 Å². The Bertz CT molecular complexity index is 132. The number of aliphatic hydroxyl groups is 1. The lowest BCUT2D eigenvalue weighted by atomic mass is 10.3. The van der Waals surface area contributed by atoms with Crippen LogP contribution in [-0.4, -0.2) is 24.4 Å². The number of hydrogen-bond acceptors (Lipinski definition) is 3. The van der Waals surface area contributed by atoms with Crippen LogP contribution in [0.2, 0.25) is 0 Å². The average molecular weight is 174 g/mol. The summed E-state index contributed by atoms with van der Waals surface area (Å²) in [6, 6.07) is 0. The number of aliphatic hydroxyl groups excluding tert-OH is 1.